The Kier molecular flexibility index (Phi) is 4.69. The summed E-state index contributed by atoms with van der Waals surface area (Å²) in [6, 6.07) is 8.40. The summed E-state index contributed by atoms with van der Waals surface area (Å²) < 4.78 is 5.39. The van der Waals surface area contributed by atoms with Gasteiger partial charge in [0.1, 0.15) is 0 Å². The van der Waals surface area contributed by atoms with Crippen LogP contribution in [-0.2, 0) is 11.2 Å². The van der Waals surface area contributed by atoms with Gasteiger partial charge in [0.25, 0.3) is 0 Å². The Morgan fingerprint density at radius 1 is 1.39 bits per heavy atom. The molecule has 18 heavy (non-hydrogen) atoms. The molecule has 1 fully saturated rings. The lowest BCUT2D eigenvalue weighted by Crippen LogP contribution is -2.37. The molecular weight excluding hydrogens is 244 g/mol. The Bertz CT molecular complexity index is 414. The lowest BCUT2D eigenvalue weighted by Gasteiger charge is -2.30. The summed E-state index contributed by atoms with van der Waals surface area (Å²) in [6.07, 6.45) is 0.778. The summed E-state index contributed by atoms with van der Waals surface area (Å²) in [7, 11) is 0. The van der Waals surface area contributed by atoms with Crippen molar-refractivity contribution in [1.29, 1.82) is 0 Å². The highest BCUT2D eigenvalue weighted by molar-refractivity contribution is 7.80. The minimum atomic E-state index is -0.0299. The Labute approximate surface area is 114 Å². The largest absolute Gasteiger partial charge is 0.378 e. The van der Waals surface area contributed by atoms with Crippen LogP contribution in [0, 0.1) is 0 Å². The average Bonchev–Trinajstić information content (AvgIpc) is 2.40. The third kappa shape index (κ3) is 3.28. The molecule has 1 aliphatic rings. The van der Waals surface area contributed by atoms with Gasteiger partial charge >= 0.3 is 0 Å². The second-order valence-electron chi connectivity index (χ2n) is 4.66. The first kappa shape index (κ1) is 13.5. The molecule has 1 atom stereocenters. The van der Waals surface area contributed by atoms with Crippen molar-refractivity contribution < 1.29 is 4.74 Å². The molecule has 0 radical (unpaired) electrons. The normalized spacial score (nSPS) is 17.6. The second-order valence-corrected chi connectivity index (χ2v) is 5.18. The lowest BCUT2D eigenvalue weighted by atomic mass is 10.0. The maximum atomic E-state index is 5.84. The summed E-state index contributed by atoms with van der Waals surface area (Å²) in [5.74, 6) is 0. The summed E-state index contributed by atoms with van der Waals surface area (Å²) in [5.41, 5.74) is 8.37. The van der Waals surface area contributed by atoms with Crippen molar-refractivity contribution in [3.05, 3.63) is 29.8 Å². The Morgan fingerprint density at radius 3 is 2.72 bits per heavy atom. The van der Waals surface area contributed by atoms with Gasteiger partial charge in [-0.3, -0.25) is 0 Å². The van der Waals surface area contributed by atoms with E-state index in [1.807, 2.05) is 6.92 Å². The summed E-state index contributed by atoms with van der Waals surface area (Å²) in [5, 5.41) is 0. The Morgan fingerprint density at radius 2 is 2.06 bits per heavy atom. The van der Waals surface area contributed by atoms with Gasteiger partial charge in [-0.2, -0.15) is 0 Å². The molecule has 2 rings (SSSR count). The standard InChI is InChI=1S/C14H20N2OS/c1-11(15)14(18)10-12-4-2-3-5-13(12)16-6-8-17-9-7-16/h2-5,11H,6-10,15H2,1H3. The molecular formula is C14H20N2OS. The van der Waals surface area contributed by atoms with Gasteiger partial charge < -0.3 is 15.4 Å². The van der Waals surface area contributed by atoms with Gasteiger partial charge in [-0.25, -0.2) is 0 Å². The van der Waals surface area contributed by atoms with E-state index in [0.717, 1.165) is 37.6 Å². The smallest absolute Gasteiger partial charge is 0.0642 e. The van der Waals surface area contributed by atoms with Gasteiger partial charge in [0, 0.05) is 36.1 Å². The number of nitrogens with zero attached hydrogens (tertiary/aromatic N) is 1. The molecule has 1 aliphatic heterocycles. The van der Waals surface area contributed by atoms with Crippen molar-refractivity contribution in [2.75, 3.05) is 31.2 Å². The van der Waals surface area contributed by atoms with Gasteiger partial charge in [-0.1, -0.05) is 30.4 Å². The minimum Gasteiger partial charge on any atom is -0.378 e. The number of para-hydroxylation sites is 1. The number of rotatable bonds is 4. The fourth-order valence-corrected chi connectivity index (χ4v) is 2.28. The van der Waals surface area contributed by atoms with Crippen molar-refractivity contribution in [2.45, 2.75) is 19.4 Å². The van der Waals surface area contributed by atoms with Gasteiger partial charge in [0.2, 0.25) is 0 Å². The summed E-state index contributed by atoms with van der Waals surface area (Å²) in [6.45, 7) is 5.43. The minimum absolute atomic E-state index is 0.0299. The molecule has 1 aromatic carbocycles. The zero-order chi connectivity index (χ0) is 13.0. The van der Waals surface area contributed by atoms with Crippen LogP contribution in [0.5, 0.6) is 0 Å². The van der Waals surface area contributed by atoms with Crippen LogP contribution in [0.15, 0.2) is 24.3 Å². The first-order chi connectivity index (χ1) is 8.68. The van der Waals surface area contributed by atoms with Crippen LogP contribution in [0.25, 0.3) is 0 Å². The van der Waals surface area contributed by atoms with Gasteiger partial charge in [0.05, 0.1) is 13.2 Å². The summed E-state index contributed by atoms with van der Waals surface area (Å²) in [4.78, 5) is 3.28. The molecule has 0 aliphatic carbocycles. The molecule has 1 unspecified atom stereocenters. The predicted molar refractivity (Wildman–Crippen MR) is 79.4 cm³/mol. The highest BCUT2D eigenvalue weighted by atomic mass is 32.1. The maximum Gasteiger partial charge on any atom is 0.0642 e. The molecule has 0 amide bonds. The fraction of sp³-hybridized carbons (Fsp3) is 0.500. The molecule has 0 spiro atoms. The number of hydrogen-bond donors (Lipinski definition) is 1. The van der Waals surface area contributed by atoms with Crippen molar-refractivity contribution in [1.82, 2.24) is 0 Å². The van der Waals surface area contributed by atoms with E-state index in [4.69, 9.17) is 22.7 Å². The number of hydrogen-bond acceptors (Lipinski definition) is 4. The van der Waals surface area contributed by atoms with Crippen LogP contribution in [0.1, 0.15) is 12.5 Å². The van der Waals surface area contributed by atoms with Crippen molar-refractivity contribution in [3.8, 4) is 0 Å². The monoisotopic (exact) mass is 264 g/mol. The third-order valence-corrected chi connectivity index (χ3v) is 3.73. The van der Waals surface area contributed by atoms with E-state index in [0.29, 0.717) is 0 Å². The molecule has 1 saturated heterocycles. The van der Waals surface area contributed by atoms with Gasteiger partial charge in [-0.05, 0) is 18.6 Å². The van der Waals surface area contributed by atoms with Crippen LogP contribution in [0.2, 0.25) is 0 Å². The fourth-order valence-electron chi connectivity index (χ4n) is 2.12. The molecule has 2 N–H and O–H groups in total. The second kappa shape index (κ2) is 6.27. The Hall–Kier alpha value is -0.970. The van der Waals surface area contributed by atoms with Crippen molar-refractivity contribution in [2.24, 2.45) is 5.73 Å². The maximum absolute atomic E-state index is 5.84. The highest BCUT2D eigenvalue weighted by Crippen LogP contribution is 2.22. The molecule has 98 valence electrons. The molecule has 0 bridgehead atoms. The van der Waals surface area contributed by atoms with E-state index in [-0.39, 0.29) is 6.04 Å². The SMILES string of the molecule is CC(N)C(=S)Cc1ccccc1N1CCOCC1. The van der Waals surface area contributed by atoms with E-state index in [1.165, 1.54) is 11.3 Å². The number of morpholine rings is 1. The average molecular weight is 264 g/mol. The lowest BCUT2D eigenvalue weighted by molar-refractivity contribution is 0.122. The van der Waals surface area contributed by atoms with E-state index in [9.17, 15) is 0 Å². The quantitative estimate of drug-likeness (QED) is 0.841. The van der Waals surface area contributed by atoms with Crippen molar-refractivity contribution >= 4 is 22.8 Å². The summed E-state index contributed by atoms with van der Waals surface area (Å²) >= 11 is 5.35. The third-order valence-electron chi connectivity index (χ3n) is 3.22. The van der Waals surface area contributed by atoms with Gasteiger partial charge in [-0.15, -0.1) is 0 Å². The predicted octanol–water partition coefficient (Wildman–Crippen LogP) is 1.78. The highest BCUT2D eigenvalue weighted by Gasteiger charge is 2.15. The van der Waals surface area contributed by atoms with Crippen LogP contribution in [0.4, 0.5) is 5.69 Å². The van der Waals surface area contributed by atoms with Gasteiger partial charge in [0.15, 0.2) is 0 Å². The van der Waals surface area contributed by atoms with E-state index >= 15 is 0 Å². The van der Waals surface area contributed by atoms with Crippen LogP contribution in [-0.4, -0.2) is 37.2 Å². The first-order valence-electron chi connectivity index (χ1n) is 6.37. The molecule has 1 heterocycles. The van der Waals surface area contributed by atoms with Crippen LogP contribution < -0.4 is 10.6 Å². The Balaban J connectivity index is 2.16. The number of nitrogens with two attached hydrogens (primary N) is 1. The number of benzene rings is 1. The topological polar surface area (TPSA) is 38.5 Å². The molecule has 0 saturated carbocycles. The van der Waals surface area contributed by atoms with E-state index in [2.05, 4.69) is 29.2 Å². The van der Waals surface area contributed by atoms with Crippen molar-refractivity contribution in [3.63, 3.8) is 0 Å². The number of anilines is 1. The number of thiocarbonyl (C=S) groups is 1. The van der Waals surface area contributed by atoms with Crippen LogP contribution in [0.3, 0.4) is 0 Å². The zero-order valence-corrected chi connectivity index (χ0v) is 11.6. The molecule has 1 aromatic rings. The molecule has 0 aromatic heterocycles. The van der Waals surface area contributed by atoms with E-state index in [1.54, 1.807) is 0 Å². The van der Waals surface area contributed by atoms with Crippen LogP contribution >= 0.6 is 12.2 Å². The van der Waals surface area contributed by atoms with E-state index < -0.39 is 0 Å². The zero-order valence-electron chi connectivity index (χ0n) is 10.8. The first-order valence-corrected chi connectivity index (χ1v) is 6.78. The molecule has 4 heteroatoms. The molecule has 3 nitrogen and oxygen atoms in total. The number of ether oxygens (including phenoxy) is 1.